The van der Waals surface area contributed by atoms with Crippen LogP contribution < -0.4 is 15.2 Å². The fraction of sp³-hybridized carbons (Fsp3) is 0.278. The van der Waals surface area contributed by atoms with Crippen LogP contribution in [0.1, 0.15) is 6.42 Å². The minimum absolute atomic E-state index is 0.575. The first kappa shape index (κ1) is 15.5. The number of H-pyrrole nitrogens is 1. The average molecular weight is 364 g/mol. The molecule has 26 heavy (non-hydrogen) atoms. The van der Waals surface area contributed by atoms with Crippen molar-refractivity contribution in [3.05, 3.63) is 41.8 Å². The third-order valence-electron chi connectivity index (χ3n) is 4.69. The van der Waals surface area contributed by atoms with Crippen LogP contribution in [-0.2, 0) is 0 Å². The van der Waals surface area contributed by atoms with E-state index in [-0.39, 0.29) is 0 Å². The summed E-state index contributed by atoms with van der Waals surface area (Å²) in [5, 5.41) is 19.2. The van der Waals surface area contributed by atoms with E-state index in [4.69, 9.17) is 4.98 Å². The molecule has 1 aromatic carbocycles. The van der Waals surface area contributed by atoms with Gasteiger partial charge in [0.1, 0.15) is 6.54 Å². The molecule has 0 unspecified atom stereocenters. The van der Waals surface area contributed by atoms with Gasteiger partial charge in [0, 0.05) is 19.0 Å². The van der Waals surface area contributed by atoms with E-state index in [9.17, 15) is 0 Å². The fourth-order valence-electron chi connectivity index (χ4n) is 3.45. The first-order chi connectivity index (χ1) is 12.9. The Kier molecular flexibility index (Phi) is 3.91. The van der Waals surface area contributed by atoms with Crippen LogP contribution in [0.5, 0.6) is 0 Å². The smallest absolute Gasteiger partial charge is 0.227 e. The molecular weight excluding hydrogens is 346 g/mol. The molecule has 1 aromatic heterocycles. The zero-order valence-electron chi connectivity index (χ0n) is 14.1. The summed E-state index contributed by atoms with van der Waals surface area (Å²) in [5.41, 5.74) is 2.87. The van der Waals surface area contributed by atoms with Gasteiger partial charge in [0.2, 0.25) is 11.2 Å². The quantitative estimate of drug-likeness (QED) is 0.394. The minimum atomic E-state index is 0.575. The number of nitrogens with zero attached hydrogens (tertiary/aromatic N) is 5. The number of aromatic nitrogens is 5. The lowest BCUT2D eigenvalue weighted by molar-refractivity contribution is 0.599. The lowest BCUT2D eigenvalue weighted by atomic mass is 10.1. The molecule has 0 amide bonds. The van der Waals surface area contributed by atoms with Gasteiger partial charge in [-0.15, -0.1) is 21.5 Å². The highest BCUT2D eigenvalue weighted by molar-refractivity contribution is 7.21. The van der Waals surface area contributed by atoms with E-state index in [0.29, 0.717) is 5.82 Å². The molecule has 1 fully saturated rings. The predicted molar refractivity (Wildman–Crippen MR) is 102 cm³/mol. The van der Waals surface area contributed by atoms with E-state index in [0.717, 1.165) is 54.1 Å². The van der Waals surface area contributed by atoms with Crippen molar-refractivity contribution in [2.75, 3.05) is 26.2 Å². The second-order valence-corrected chi connectivity index (χ2v) is 7.40. The normalized spacial score (nSPS) is 17.5. The highest BCUT2D eigenvalue weighted by Crippen LogP contribution is 2.32. The SMILES string of the molecule is c1cc2sc3cccc(-c4nn[nH]n4)c3nc-2c(=[N+]2CCCNCC2)c1. The maximum absolute atomic E-state index is 5.07. The van der Waals surface area contributed by atoms with Crippen molar-refractivity contribution in [2.24, 2.45) is 0 Å². The summed E-state index contributed by atoms with van der Waals surface area (Å²) in [6, 6.07) is 12.6. The number of tetrazole rings is 1. The number of para-hydroxylation sites is 2. The number of nitrogens with one attached hydrogen (secondary N) is 2. The van der Waals surface area contributed by atoms with Gasteiger partial charge in [-0.3, -0.25) is 0 Å². The summed E-state index contributed by atoms with van der Waals surface area (Å²) in [4.78, 5) is 6.26. The Morgan fingerprint density at radius 3 is 2.92 bits per heavy atom. The summed E-state index contributed by atoms with van der Waals surface area (Å²) in [5.74, 6) is 0.575. The Bertz CT molecular complexity index is 1090. The highest BCUT2D eigenvalue weighted by atomic mass is 32.1. The van der Waals surface area contributed by atoms with Gasteiger partial charge < -0.3 is 5.32 Å². The first-order valence-corrected chi connectivity index (χ1v) is 9.57. The van der Waals surface area contributed by atoms with Crippen LogP contribution in [0.15, 0.2) is 36.4 Å². The minimum Gasteiger partial charge on any atom is -0.311 e. The van der Waals surface area contributed by atoms with E-state index in [1.165, 1.54) is 10.2 Å². The molecule has 3 aliphatic rings. The molecule has 2 aromatic rings. The molecular formula is C18H18N7S+. The number of rotatable bonds is 1. The van der Waals surface area contributed by atoms with Gasteiger partial charge in [0.15, 0.2) is 12.2 Å². The first-order valence-electron chi connectivity index (χ1n) is 8.75. The average Bonchev–Trinajstić information content (AvgIpc) is 3.08. The van der Waals surface area contributed by atoms with E-state index in [1.807, 2.05) is 12.1 Å². The van der Waals surface area contributed by atoms with Gasteiger partial charge in [-0.05, 0) is 23.4 Å². The number of hydrogen-bond acceptors (Lipinski definition) is 6. The second-order valence-electron chi connectivity index (χ2n) is 6.32. The van der Waals surface area contributed by atoms with Crippen LogP contribution in [-0.4, -0.2) is 51.8 Å². The highest BCUT2D eigenvalue weighted by Gasteiger charge is 2.19. The second kappa shape index (κ2) is 6.54. The number of fused-ring (bicyclic) bond motifs is 2. The molecule has 0 atom stereocenters. The van der Waals surface area contributed by atoms with Crippen molar-refractivity contribution in [3.63, 3.8) is 0 Å². The molecule has 1 aliphatic carbocycles. The molecule has 2 N–H and O–H groups in total. The molecule has 0 saturated carbocycles. The molecule has 0 spiro atoms. The molecule has 0 radical (unpaired) electrons. The molecule has 7 nitrogen and oxygen atoms in total. The van der Waals surface area contributed by atoms with E-state index >= 15 is 0 Å². The third-order valence-corrected chi connectivity index (χ3v) is 5.79. The molecule has 130 valence electrons. The Hall–Kier alpha value is -2.71. The zero-order valence-corrected chi connectivity index (χ0v) is 15.0. The van der Waals surface area contributed by atoms with Gasteiger partial charge >= 0.3 is 0 Å². The summed E-state index contributed by atoms with van der Waals surface area (Å²) >= 11 is 1.76. The third kappa shape index (κ3) is 2.67. The van der Waals surface area contributed by atoms with Crippen LogP contribution in [0.3, 0.4) is 0 Å². The van der Waals surface area contributed by atoms with Crippen LogP contribution in [0.4, 0.5) is 0 Å². The Morgan fingerprint density at radius 2 is 2.00 bits per heavy atom. The standard InChI is InChI=1S/C18H17N7S/c1-4-12(18-21-23-24-22-18)16-14(6-1)26-15-7-2-5-13(17(15)20-16)25-10-3-8-19-9-11-25/h1-2,4-7,19H,3,8-11H2/p+1. The molecule has 2 aliphatic heterocycles. The Balaban J connectivity index is 1.82. The van der Waals surface area contributed by atoms with E-state index in [2.05, 4.69) is 54.8 Å². The van der Waals surface area contributed by atoms with Gasteiger partial charge in [-0.25, -0.2) is 9.56 Å². The summed E-state index contributed by atoms with van der Waals surface area (Å²) in [6.45, 7) is 4.11. The van der Waals surface area contributed by atoms with Crippen molar-refractivity contribution < 1.29 is 0 Å². The molecule has 1 saturated heterocycles. The molecule has 5 rings (SSSR count). The molecule has 0 bridgehead atoms. The maximum atomic E-state index is 5.07. The monoisotopic (exact) mass is 364 g/mol. The predicted octanol–water partition coefficient (Wildman–Crippen LogP) is 1.35. The lowest BCUT2D eigenvalue weighted by Gasteiger charge is -2.08. The largest absolute Gasteiger partial charge is 0.311 e. The van der Waals surface area contributed by atoms with Gasteiger partial charge in [-0.1, -0.05) is 12.1 Å². The van der Waals surface area contributed by atoms with Crippen LogP contribution in [0, 0.1) is 0 Å². The lowest BCUT2D eigenvalue weighted by Crippen LogP contribution is -2.34. The maximum Gasteiger partial charge on any atom is 0.227 e. The molecule has 3 heterocycles. The van der Waals surface area contributed by atoms with E-state index < -0.39 is 0 Å². The van der Waals surface area contributed by atoms with Crippen LogP contribution in [0.25, 0.3) is 32.2 Å². The summed E-state index contributed by atoms with van der Waals surface area (Å²) < 4.78 is 3.56. The fourth-order valence-corrected chi connectivity index (χ4v) is 4.48. The van der Waals surface area contributed by atoms with Crippen molar-refractivity contribution in [3.8, 4) is 22.0 Å². The topological polar surface area (TPSA) is 82.4 Å². The Morgan fingerprint density at radius 1 is 1.04 bits per heavy atom. The zero-order chi connectivity index (χ0) is 17.3. The van der Waals surface area contributed by atoms with Gasteiger partial charge in [0.25, 0.3) is 0 Å². The molecule has 8 heteroatoms. The number of aromatic amines is 1. The van der Waals surface area contributed by atoms with Crippen molar-refractivity contribution >= 4 is 21.6 Å². The van der Waals surface area contributed by atoms with Crippen molar-refractivity contribution in [1.82, 2.24) is 35.5 Å². The van der Waals surface area contributed by atoms with Crippen LogP contribution in [0.2, 0.25) is 0 Å². The van der Waals surface area contributed by atoms with Crippen molar-refractivity contribution in [1.29, 1.82) is 0 Å². The van der Waals surface area contributed by atoms with E-state index in [1.54, 1.807) is 11.3 Å². The Labute approximate surface area is 153 Å². The summed E-state index contributed by atoms with van der Waals surface area (Å²) in [6.07, 6.45) is 1.14. The number of hydrogen-bond donors (Lipinski definition) is 2. The summed E-state index contributed by atoms with van der Waals surface area (Å²) in [7, 11) is 0. The van der Waals surface area contributed by atoms with Crippen LogP contribution >= 0.6 is 11.3 Å². The number of benzene rings is 2. The van der Waals surface area contributed by atoms with Gasteiger partial charge in [-0.2, -0.15) is 5.21 Å². The van der Waals surface area contributed by atoms with Crippen molar-refractivity contribution in [2.45, 2.75) is 6.42 Å². The van der Waals surface area contributed by atoms with Gasteiger partial charge in [0.05, 0.1) is 27.2 Å².